The molecule has 0 unspecified atom stereocenters. The number of anilines is 1. The Morgan fingerprint density at radius 2 is 1.82 bits per heavy atom. The topological polar surface area (TPSA) is 93.0 Å². The molecule has 10 heteroatoms. The van der Waals surface area contributed by atoms with Crippen molar-refractivity contribution < 1.29 is 22.5 Å². The number of benzene rings is 2. The standard InChI is InChI=1S/C18H20FN3O5S/c1-20(13-14-2-4-15(19)5-3-14)17-7-6-16(12-18(17)22(23)24)28(25,26)21-8-10-27-11-9-21/h2-7,12H,8-11,13H2,1H3. The Labute approximate surface area is 162 Å². The van der Waals surface area contributed by atoms with Crippen LogP contribution >= 0.6 is 0 Å². The first-order valence-corrected chi connectivity index (χ1v) is 10.0. The maximum atomic E-state index is 13.1. The molecule has 1 aliphatic rings. The van der Waals surface area contributed by atoms with E-state index in [0.717, 1.165) is 11.6 Å². The Morgan fingerprint density at radius 1 is 1.18 bits per heavy atom. The van der Waals surface area contributed by atoms with Crippen molar-refractivity contribution in [3.8, 4) is 0 Å². The third kappa shape index (κ3) is 4.29. The molecule has 0 bridgehead atoms. The van der Waals surface area contributed by atoms with Crippen molar-refractivity contribution >= 4 is 21.4 Å². The lowest BCUT2D eigenvalue weighted by Gasteiger charge is -2.26. The first-order valence-electron chi connectivity index (χ1n) is 8.61. The summed E-state index contributed by atoms with van der Waals surface area (Å²) in [6.07, 6.45) is 0. The number of nitro groups is 1. The highest BCUT2D eigenvalue weighted by Crippen LogP contribution is 2.32. The predicted molar refractivity (Wildman–Crippen MR) is 101 cm³/mol. The molecule has 2 aromatic rings. The predicted octanol–water partition coefficient (Wildman–Crippen LogP) is 2.39. The van der Waals surface area contributed by atoms with Gasteiger partial charge in [0.05, 0.1) is 23.0 Å². The van der Waals surface area contributed by atoms with Gasteiger partial charge < -0.3 is 9.64 Å². The van der Waals surface area contributed by atoms with Crippen LogP contribution < -0.4 is 4.90 Å². The van der Waals surface area contributed by atoms with Gasteiger partial charge in [0, 0.05) is 32.7 Å². The molecule has 1 aliphatic heterocycles. The number of hydrogen-bond acceptors (Lipinski definition) is 6. The molecule has 0 spiro atoms. The van der Waals surface area contributed by atoms with Gasteiger partial charge in [-0.3, -0.25) is 10.1 Å². The third-order valence-corrected chi connectivity index (χ3v) is 6.39. The second-order valence-corrected chi connectivity index (χ2v) is 8.34. The molecule has 3 rings (SSSR count). The van der Waals surface area contributed by atoms with E-state index in [0.29, 0.717) is 19.8 Å². The smallest absolute Gasteiger partial charge is 0.293 e. The normalized spacial score (nSPS) is 15.4. The fourth-order valence-electron chi connectivity index (χ4n) is 3.02. The molecule has 28 heavy (non-hydrogen) atoms. The van der Waals surface area contributed by atoms with Crippen LogP contribution in [0.25, 0.3) is 0 Å². The maximum Gasteiger partial charge on any atom is 0.293 e. The van der Waals surface area contributed by atoms with Gasteiger partial charge in [0.15, 0.2) is 0 Å². The Bertz CT molecular complexity index is 960. The van der Waals surface area contributed by atoms with Crippen molar-refractivity contribution in [2.24, 2.45) is 0 Å². The summed E-state index contributed by atoms with van der Waals surface area (Å²) in [5, 5.41) is 11.6. The summed E-state index contributed by atoms with van der Waals surface area (Å²) >= 11 is 0. The molecule has 0 radical (unpaired) electrons. The minimum absolute atomic E-state index is 0.125. The van der Waals surface area contributed by atoms with Crippen LogP contribution in [0, 0.1) is 15.9 Å². The Balaban J connectivity index is 1.90. The minimum atomic E-state index is -3.84. The van der Waals surface area contributed by atoms with Crippen LogP contribution in [0.3, 0.4) is 0 Å². The lowest BCUT2D eigenvalue weighted by atomic mass is 10.2. The Morgan fingerprint density at radius 3 is 2.43 bits per heavy atom. The number of nitrogens with zero attached hydrogens (tertiary/aromatic N) is 3. The zero-order valence-electron chi connectivity index (χ0n) is 15.2. The molecule has 0 atom stereocenters. The van der Waals surface area contributed by atoms with E-state index in [1.165, 1.54) is 28.6 Å². The molecule has 0 aromatic heterocycles. The Kier molecular flexibility index (Phi) is 5.92. The third-order valence-electron chi connectivity index (χ3n) is 4.50. The average Bonchev–Trinajstić information content (AvgIpc) is 2.69. The second kappa shape index (κ2) is 8.21. The number of sulfonamides is 1. The summed E-state index contributed by atoms with van der Waals surface area (Å²) in [6.45, 7) is 1.31. The van der Waals surface area contributed by atoms with Crippen LogP contribution in [0.1, 0.15) is 5.56 Å². The molecule has 8 nitrogen and oxygen atoms in total. The molecule has 1 fully saturated rings. The van der Waals surface area contributed by atoms with Crippen LogP contribution in [-0.4, -0.2) is 51.0 Å². The van der Waals surface area contributed by atoms with E-state index in [9.17, 15) is 22.9 Å². The highest BCUT2D eigenvalue weighted by molar-refractivity contribution is 7.89. The number of halogens is 1. The molecular weight excluding hydrogens is 389 g/mol. The fourth-order valence-corrected chi connectivity index (χ4v) is 4.45. The second-order valence-electron chi connectivity index (χ2n) is 6.41. The first kappa shape index (κ1) is 20.2. The van der Waals surface area contributed by atoms with E-state index in [4.69, 9.17) is 4.74 Å². The van der Waals surface area contributed by atoms with Crippen molar-refractivity contribution in [1.29, 1.82) is 0 Å². The van der Waals surface area contributed by atoms with Gasteiger partial charge in [-0.05, 0) is 29.8 Å². The van der Waals surface area contributed by atoms with Gasteiger partial charge in [-0.2, -0.15) is 4.31 Å². The van der Waals surface area contributed by atoms with Gasteiger partial charge in [-0.1, -0.05) is 12.1 Å². The lowest BCUT2D eigenvalue weighted by molar-refractivity contribution is -0.384. The van der Waals surface area contributed by atoms with Crippen LogP contribution in [0.4, 0.5) is 15.8 Å². The Hall–Kier alpha value is -2.56. The highest BCUT2D eigenvalue weighted by atomic mass is 32.2. The minimum Gasteiger partial charge on any atom is -0.379 e. The van der Waals surface area contributed by atoms with Gasteiger partial charge >= 0.3 is 0 Å². The number of morpholine rings is 1. The van der Waals surface area contributed by atoms with Crippen LogP contribution in [0.5, 0.6) is 0 Å². The van der Waals surface area contributed by atoms with E-state index < -0.39 is 14.9 Å². The zero-order valence-corrected chi connectivity index (χ0v) is 16.1. The van der Waals surface area contributed by atoms with Crippen molar-refractivity contribution in [3.05, 3.63) is 64.0 Å². The van der Waals surface area contributed by atoms with Crippen molar-refractivity contribution in [3.63, 3.8) is 0 Å². The zero-order chi connectivity index (χ0) is 20.3. The maximum absolute atomic E-state index is 13.1. The number of rotatable bonds is 6. The summed E-state index contributed by atoms with van der Waals surface area (Å²) in [5.74, 6) is -0.366. The van der Waals surface area contributed by atoms with Gasteiger partial charge in [0.2, 0.25) is 10.0 Å². The summed E-state index contributed by atoms with van der Waals surface area (Å²) in [6, 6.07) is 9.69. The van der Waals surface area contributed by atoms with E-state index >= 15 is 0 Å². The van der Waals surface area contributed by atoms with Crippen LogP contribution in [0.2, 0.25) is 0 Å². The van der Waals surface area contributed by atoms with Gasteiger partial charge in [-0.25, -0.2) is 12.8 Å². The van der Waals surface area contributed by atoms with Gasteiger partial charge in [-0.15, -0.1) is 0 Å². The summed E-state index contributed by atoms with van der Waals surface area (Å²) in [4.78, 5) is 12.5. The SMILES string of the molecule is CN(Cc1ccc(F)cc1)c1ccc(S(=O)(=O)N2CCOCC2)cc1[N+](=O)[O-]. The lowest BCUT2D eigenvalue weighted by Crippen LogP contribution is -2.40. The molecule has 0 saturated carbocycles. The fraction of sp³-hybridized carbons (Fsp3) is 0.333. The average molecular weight is 409 g/mol. The number of nitro benzene ring substituents is 1. The molecule has 1 saturated heterocycles. The number of ether oxygens (including phenoxy) is 1. The van der Waals surface area contributed by atoms with Crippen molar-refractivity contribution in [2.75, 3.05) is 38.3 Å². The van der Waals surface area contributed by atoms with Gasteiger partial charge in [0.1, 0.15) is 11.5 Å². The highest BCUT2D eigenvalue weighted by Gasteiger charge is 2.29. The van der Waals surface area contributed by atoms with E-state index in [1.807, 2.05) is 0 Å². The molecule has 1 heterocycles. The van der Waals surface area contributed by atoms with Crippen molar-refractivity contribution in [1.82, 2.24) is 4.31 Å². The summed E-state index contributed by atoms with van der Waals surface area (Å²) in [7, 11) is -2.18. The molecule has 0 amide bonds. The first-order chi connectivity index (χ1) is 13.3. The van der Waals surface area contributed by atoms with E-state index in [-0.39, 0.29) is 35.2 Å². The quantitative estimate of drug-likeness (QED) is 0.537. The molecular formula is C18H20FN3O5S. The van der Waals surface area contributed by atoms with Crippen LogP contribution in [0.15, 0.2) is 47.4 Å². The largest absolute Gasteiger partial charge is 0.379 e. The summed E-state index contributed by atoms with van der Waals surface area (Å²) < 4.78 is 45.0. The summed E-state index contributed by atoms with van der Waals surface area (Å²) in [5.41, 5.74) is 0.734. The van der Waals surface area contributed by atoms with Crippen molar-refractivity contribution in [2.45, 2.75) is 11.4 Å². The molecule has 0 N–H and O–H groups in total. The van der Waals surface area contributed by atoms with E-state index in [1.54, 1.807) is 24.1 Å². The molecule has 2 aromatic carbocycles. The van der Waals surface area contributed by atoms with Gasteiger partial charge in [0.25, 0.3) is 5.69 Å². The van der Waals surface area contributed by atoms with Crippen LogP contribution in [-0.2, 0) is 21.3 Å². The monoisotopic (exact) mass is 409 g/mol. The number of hydrogen-bond donors (Lipinski definition) is 0. The van der Waals surface area contributed by atoms with E-state index in [2.05, 4.69) is 0 Å². The molecule has 0 aliphatic carbocycles. The molecule has 150 valence electrons.